The van der Waals surface area contributed by atoms with E-state index in [0.717, 1.165) is 18.4 Å². The molecule has 1 fully saturated rings. The molecule has 0 aromatic heterocycles. The molecule has 0 aliphatic carbocycles. The van der Waals surface area contributed by atoms with Crippen LogP contribution >= 0.6 is 11.6 Å². The normalized spacial score (nSPS) is 17.3. The summed E-state index contributed by atoms with van der Waals surface area (Å²) in [5.74, 6) is 0. The van der Waals surface area contributed by atoms with Crippen molar-refractivity contribution in [3.63, 3.8) is 0 Å². The van der Waals surface area contributed by atoms with Gasteiger partial charge in [-0.25, -0.2) is 0 Å². The van der Waals surface area contributed by atoms with Gasteiger partial charge in [0.25, 0.3) is 0 Å². The molecule has 1 N–H and O–H groups in total. The topological polar surface area (TPSA) is 49.4 Å². The Morgan fingerprint density at radius 2 is 1.94 bits per heavy atom. The first-order chi connectivity index (χ1) is 8.00. The summed E-state index contributed by atoms with van der Waals surface area (Å²) in [6.45, 7) is 2.98. The van der Waals surface area contributed by atoms with E-state index in [4.69, 9.17) is 11.6 Å². The van der Waals surface area contributed by atoms with Gasteiger partial charge in [0.1, 0.15) is 0 Å². The lowest BCUT2D eigenvalue weighted by atomic mass is 10.2. The Kier molecular flexibility index (Phi) is 3.61. The maximum absolute atomic E-state index is 12.0. The largest absolute Gasteiger partial charge is 0.301 e. The van der Waals surface area contributed by atoms with Crippen molar-refractivity contribution in [2.24, 2.45) is 0 Å². The maximum atomic E-state index is 12.0. The monoisotopic (exact) mass is 274 g/mol. The number of hydrogen-bond acceptors (Lipinski definition) is 2. The third kappa shape index (κ3) is 2.73. The maximum Gasteiger partial charge on any atom is 0.301 e. The van der Waals surface area contributed by atoms with E-state index in [2.05, 4.69) is 4.72 Å². The minimum atomic E-state index is -3.43. The Morgan fingerprint density at radius 1 is 1.29 bits per heavy atom. The molecule has 1 aliphatic heterocycles. The van der Waals surface area contributed by atoms with E-state index in [1.54, 1.807) is 25.1 Å². The van der Waals surface area contributed by atoms with Crippen molar-refractivity contribution in [1.82, 2.24) is 4.31 Å². The summed E-state index contributed by atoms with van der Waals surface area (Å²) in [4.78, 5) is 0. The van der Waals surface area contributed by atoms with Gasteiger partial charge >= 0.3 is 10.2 Å². The van der Waals surface area contributed by atoms with Gasteiger partial charge in [0.15, 0.2) is 0 Å². The molecular formula is C11H15ClN2O2S. The molecule has 0 radical (unpaired) electrons. The number of benzene rings is 1. The number of nitrogens with one attached hydrogen (secondary N) is 1. The van der Waals surface area contributed by atoms with E-state index in [-0.39, 0.29) is 0 Å². The van der Waals surface area contributed by atoms with Gasteiger partial charge in [0, 0.05) is 18.1 Å². The van der Waals surface area contributed by atoms with Gasteiger partial charge in [-0.3, -0.25) is 4.72 Å². The fourth-order valence-electron chi connectivity index (χ4n) is 1.85. The van der Waals surface area contributed by atoms with Crippen molar-refractivity contribution in [2.75, 3.05) is 17.8 Å². The van der Waals surface area contributed by atoms with Crippen LogP contribution in [0.2, 0.25) is 5.02 Å². The van der Waals surface area contributed by atoms with Gasteiger partial charge < -0.3 is 0 Å². The minimum Gasteiger partial charge on any atom is -0.271 e. The van der Waals surface area contributed by atoms with E-state index < -0.39 is 10.2 Å². The predicted molar refractivity (Wildman–Crippen MR) is 69.5 cm³/mol. The Bertz CT molecular complexity index is 510. The van der Waals surface area contributed by atoms with Crippen molar-refractivity contribution in [3.05, 3.63) is 28.8 Å². The van der Waals surface area contributed by atoms with Gasteiger partial charge in [0.2, 0.25) is 0 Å². The van der Waals surface area contributed by atoms with Gasteiger partial charge in [-0.2, -0.15) is 12.7 Å². The molecule has 0 bridgehead atoms. The molecule has 1 heterocycles. The van der Waals surface area contributed by atoms with Crippen LogP contribution in [0.15, 0.2) is 18.2 Å². The van der Waals surface area contributed by atoms with Crippen molar-refractivity contribution in [2.45, 2.75) is 19.8 Å². The average Bonchev–Trinajstić information content (AvgIpc) is 2.78. The van der Waals surface area contributed by atoms with Gasteiger partial charge in [0.05, 0.1) is 5.69 Å². The van der Waals surface area contributed by atoms with Crippen LogP contribution in [0.1, 0.15) is 18.4 Å². The van der Waals surface area contributed by atoms with Crippen LogP contribution in [-0.2, 0) is 10.2 Å². The molecule has 1 aromatic rings. The second-order valence-corrected chi connectivity index (χ2v) is 6.20. The zero-order valence-corrected chi connectivity index (χ0v) is 11.2. The van der Waals surface area contributed by atoms with Crippen LogP contribution in [0.25, 0.3) is 0 Å². The van der Waals surface area contributed by atoms with E-state index in [0.29, 0.717) is 23.8 Å². The molecule has 0 amide bonds. The van der Waals surface area contributed by atoms with E-state index in [9.17, 15) is 8.42 Å². The van der Waals surface area contributed by atoms with Crippen LogP contribution < -0.4 is 4.72 Å². The predicted octanol–water partition coefficient (Wildman–Crippen LogP) is 2.40. The van der Waals surface area contributed by atoms with Crippen LogP contribution in [0.5, 0.6) is 0 Å². The summed E-state index contributed by atoms with van der Waals surface area (Å²) in [5, 5.41) is 0.562. The van der Waals surface area contributed by atoms with Crippen molar-refractivity contribution in [1.29, 1.82) is 0 Å². The molecule has 1 saturated heterocycles. The zero-order valence-electron chi connectivity index (χ0n) is 9.61. The quantitative estimate of drug-likeness (QED) is 0.920. The fourth-order valence-corrected chi connectivity index (χ4v) is 3.39. The Hall–Kier alpha value is -0.780. The SMILES string of the molecule is Cc1c(Cl)cccc1NS(=O)(=O)N1CCCC1. The average molecular weight is 275 g/mol. The van der Waals surface area contributed by atoms with Gasteiger partial charge in [-0.1, -0.05) is 17.7 Å². The zero-order chi connectivity index (χ0) is 12.5. The Balaban J connectivity index is 2.23. The van der Waals surface area contributed by atoms with Gasteiger partial charge in [-0.05, 0) is 37.5 Å². The standard InChI is InChI=1S/C11H15ClN2O2S/c1-9-10(12)5-4-6-11(9)13-17(15,16)14-7-2-3-8-14/h4-6,13H,2-3,7-8H2,1H3. The second-order valence-electron chi connectivity index (χ2n) is 4.13. The van der Waals surface area contributed by atoms with E-state index in [1.807, 2.05) is 0 Å². The summed E-state index contributed by atoms with van der Waals surface area (Å²) in [6.07, 6.45) is 1.85. The number of hydrogen-bond donors (Lipinski definition) is 1. The highest BCUT2D eigenvalue weighted by molar-refractivity contribution is 7.90. The fraction of sp³-hybridized carbons (Fsp3) is 0.455. The molecule has 0 atom stereocenters. The van der Waals surface area contributed by atoms with Crippen molar-refractivity contribution >= 4 is 27.5 Å². The lowest BCUT2D eigenvalue weighted by Crippen LogP contribution is -2.33. The molecule has 6 heteroatoms. The summed E-state index contributed by atoms with van der Waals surface area (Å²) < 4.78 is 28.1. The highest BCUT2D eigenvalue weighted by atomic mass is 35.5. The Labute approximate surface area is 107 Å². The third-order valence-corrected chi connectivity index (χ3v) is 4.84. The first-order valence-electron chi connectivity index (χ1n) is 5.54. The molecule has 94 valence electrons. The summed E-state index contributed by atoms with van der Waals surface area (Å²) in [6, 6.07) is 5.19. The summed E-state index contributed by atoms with van der Waals surface area (Å²) >= 11 is 5.95. The number of halogens is 1. The van der Waals surface area contributed by atoms with Crippen LogP contribution in [0, 0.1) is 6.92 Å². The molecule has 4 nitrogen and oxygen atoms in total. The number of anilines is 1. The molecule has 1 aliphatic rings. The van der Waals surface area contributed by atoms with Crippen LogP contribution in [0.4, 0.5) is 5.69 Å². The van der Waals surface area contributed by atoms with Crippen LogP contribution in [0.3, 0.4) is 0 Å². The molecular weight excluding hydrogens is 260 g/mol. The lowest BCUT2D eigenvalue weighted by molar-refractivity contribution is 0.482. The molecule has 2 rings (SSSR count). The first-order valence-corrected chi connectivity index (χ1v) is 7.35. The summed E-state index contributed by atoms with van der Waals surface area (Å²) in [7, 11) is -3.43. The summed E-state index contributed by atoms with van der Waals surface area (Å²) in [5.41, 5.74) is 1.29. The van der Waals surface area contributed by atoms with Crippen molar-refractivity contribution < 1.29 is 8.42 Å². The minimum absolute atomic E-state index is 0.546. The van der Waals surface area contributed by atoms with E-state index in [1.165, 1.54) is 4.31 Å². The van der Waals surface area contributed by atoms with Gasteiger partial charge in [-0.15, -0.1) is 0 Å². The molecule has 17 heavy (non-hydrogen) atoms. The molecule has 0 spiro atoms. The molecule has 0 saturated carbocycles. The Morgan fingerprint density at radius 3 is 2.59 bits per heavy atom. The highest BCUT2D eigenvalue weighted by Crippen LogP contribution is 2.25. The van der Waals surface area contributed by atoms with E-state index >= 15 is 0 Å². The second kappa shape index (κ2) is 4.84. The third-order valence-electron chi connectivity index (χ3n) is 2.91. The molecule has 0 unspecified atom stereocenters. The van der Waals surface area contributed by atoms with Crippen LogP contribution in [-0.4, -0.2) is 25.8 Å². The highest BCUT2D eigenvalue weighted by Gasteiger charge is 2.25. The first kappa shape index (κ1) is 12.7. The van der Waals surface area contributed by atoms with Crippen molar-refractivity contribution in [3.8, 4) is 0 Å². The lowest BCUT2D eigenvalue weighted by Gasteiger charge is -2.18. The number of rotatable bonds is 3. The molecule has 1 aromatic carbocycles. The number of nitrogens with zero attached hydrogens (tertiary/aromatic N) is 1. The smallest absolute Gasteiger partial charge is 0.271 e.